The minimum atomic E-state index is -0.985. The number of rotatable bonds is 2. The van der Waals surface area contributed by atoms with Crippen LogP contribution in [0.5, 0.6) is 0 Å². The van der Waals surface area contributed by atoms with Crippen LogP contribution in [0.1, 0.15) is 40.5 Å². The van der Waals surface area contributed by atoms with Crippen LogP contribution in [0.3, 0.4) is 0 Å². The zero-order chi connectivity index (χ0) is 13.9. The number of carbonyl (C=O) groups is 2. The number of carboxylic acids is 1. The molecule has 1 aliphatic heterocycles. The molecule has 0 spiro atoms. The largest absolute Gasteiger partial charge is 0.480 e. The number of urea groups is 1. The van der Waals surface area contributed by atoms with Crippen LogP contribution in [-0.2, 0) is 4.79 Å². The van der Waals surface area contributed by atoms with Crippen molar-refractivity contribution in [3.63, 3.8) is 0 Å². The maximum absolute atomic E-state index is 12.1. The predicted octanol–water partition coefficient (Wildman–Crippen LogP) is 1.93. The van der Waals surface area contributed by atoms with Gasteiger partial charge in [-0.2, -0.15) is 0 Å². The van der Waals surface area contributed by atoms with Gasteiger partial charge in [-0.1, -0.05) is 27.7 Å². The van der Waals surface area contributed by atoms with Gasteiger partial charge in [0.15, 0.2) is 0 Å². The number of aliphatic carboxylic acids is 1. The quantitative estimate of drug-likeness (QED) is 0.793. The summed E-state index contributed by atoms with van der Waals surface area (Å²) < 4.78 is 0. The molecule has 1 unspecified atom stereocenters. The van der Waals surface area contributed by atoms with E-state index >= 15 is 0 Å². The van der Waals surface area contributed by atoms with Gasteiger partial charge in [0.25, 0.3) is 0 Å². The van der Waals surface area contributed by atoms with Gasteiger partial charge in [-0.15, -0.1) is 0 Å². The highest BCUT2D eigenvalue weighted by molar-refractivity contribution is 5.83. The summed E-state index contributed by atoms with van der Waals surface area (Å²) in [5, 5.41) is 11.8. The molecule has 104 valence electrons. The summed E-state index contributed by atoms with van der Waals surface area (Å²) >= 11 is 0. The van der Waals surface area contributed by atoms with Crippen molar-refractivity contribution in [2.75, 3.05) is 13.1 Å². The van der Waals surface area contributed by atoms with Gasteiger partial charge < -0.3 is 15.3 Å². The molecule has 18 heavy (non-hydrogen) atoms. The van der Waals surface area contributed by atoms with E-state index in [4.69, 9.17) is 0 Å². The van der Waals surface area contributed by atoms with Crippen molar-refractivity contribution in [2.45, 2.75) is 46.6 Å². The minimum absolute atomic E-state index is 0.260. The first-order chi connectivity index (χ1) is 8.21. The Kier molecular flexibility index (Phi) is 4.59. The lowest BCUT2D eigenvalue weighted by Crippen LogP contribution is -2.54. The molecular formula is C13H24N2O3. The van der Waals surface area contributed by atoms with E-state index in [1.165, 1.54) is 0 Å². The standard InChI is InChI=1S/C13H24N2O3/c1-9-6-5-7-15(8-9)12(18)14-10(11(16)17)13(2,3)4/h9-10H,5-8H2,1-4H3,(H,14,18)(H,16,17)/t9?,10-/m1/s1. The van der Waals surface area contributed by atoms with Crippen molar-refractivity contribution < 1.29 is 14.7 Å². The molecule has 1 rings (SSSR count). The Bertz CT molecular complexity index is 323. The van der Waals surface area contributed by atoms with Gasteiger partial charge in [-0.25, -0.2) is 9.59 Å². The first-order valence-electron chi connectivity index (χ1n) is 6.50. The predicted molar refractivity (Wildman–Crippen MR) is 69.4 cm³/mol. The van der Waals surface area contributed by atoms with E-state index in [1.54, 1.807) is 4.90 Å². The van der Waals surface area contributed by atoms with Crippen molar-refractivity contribution >= 4 is 12.0 Å². The van der Waals surface area contributed by atoms with Crippen LogP contribution in [-0.4, -0.2) is 41.1 Å². The monoisotopic (exact) mass is 256 g/mol. The molecular weight excluding hydrogens is 232 g/mol. The minimum Gasteiger partial charge on any atom is -0.480 e. The summed E-state index contributed by atoms with van der Waals surface area (Å²) in [5.41, 5.74) is -0.497. The Morgan fingerprint density at radius 2 is 2.00 bits per heavy atom. The Balaban J connectivity index is 2.64. The van der Waals surface area contributed by atoms with E-state index in [9.17, 15) is 14.7 Å². The van der Waals surface area contributed by atoms with Crippen LogP contribution in [0.4, 0.5) is 4.79 Å². The fourth-order valence-corrected chi connectivity index (χ4v) is 2.24. The number of amides is 2. The fraction of sp³-hybridized carbons (Fsp3) is 0.846. The van der Waals surface area contributed by atoms with Crippen molar-refractivity contribution in [3.8, 4) is 0 Å². The summed E-state index contributed by atoms with van der Waals surface area (Å²) in [6.45, 7) is 8.97. The average molecular weight is 256 g/mol. The van der Waals surface area contributed by atoms with E-state index in [0.717, 1.165) is 12.8 Å². The highest BCUT2D eigenvalue weighted by Gasteiger charge is 2.34. The van der Waals surface area contributed by atoms with Crippen molar-refractivity contribution in [1.29, 1.82) is 0 Å². The number of hydrogen-bond donors (Lipinski definition) is 2. The Morgan fingerprint density at radius 1 is 1.39 bits per heavy atom. The van der Waals surface area contributed by atoms with Gasteiger partial charge in [-0.05, 0) is 24.2 Å². The van der Waals surface area contributed by atoms with Gasteiger partial charge in [-0.3, -0.25) is 0 Å². The fourth-order valence-electron chi connectivity index (χ4n) is 2.24. The molecule has 0 saturated carbocycles. The number of nitrogens with one attached hydrogen (secondary N) is 1. The molecule has 0 aromatic carbocycles. The molecule has 0 bridgehead atoms. The third-order valence-corrected chi connectivity index (χ3v) is 3.33. The SMILES string of the molecule is CC1CCCN(C(=O)N[C@H](C(=O)O)C(C)(C)C)C1. The molecule has 1 saturated heterocycles. The number of carboxylic acid groups (broad SMARTS) is 1. The summed E-state index contributed by atoms with van der Waals surface area (Å²) in [7, 11) is 0. The van der Waals surface area contributed by atoms with Gasteiger partial charge in [0.1, 0.15) is 6.04 Å². The van der Waals surface area contributed by atoms with Gasteiger partial charge >= 0.3 is 12.0 Å². The molecule has 2 atom stereocenters. The first-order valence-corrected chi connectivity index (χ1v) is 6.50. The number of likely N-dealkylation sites (tertiary alicyclic amines) is 1. The molecule has 0 aromatic rings. The summed E-state index contributed by atoms with van der Waals surface area (Å²) in [5.74, 6) is -0.497. The van der Waals surface area contributed by atoms with E-state index < -0.39 is 17.4 Å². The molecule has 1 heterocycles. The van der Waals surface area contributed by atoms with Gasteiger partial charge in [0, 0.05) is 13.1 Å². The van der Waals surface area contributed by atoms with E-state index in [2.05, 4.69) is 12.2 Å². The lowest BCUT2D eigenvalue weighted by Gasteiger charge is -2.34. The average Bonchev–Trinajstić information content (AvgIpc) is 2.23. The topological polar surface area (TPSA) is 69.6 Å². The molecule has 1 aliphatic rings. The Morgan fingerprint density at radius 3 is 2.44 bits per heavy atom. The highest BCUT2D eigenvalue weighted by Crippen LogP contribution is 2.21. The van der Waals surface area contributed by atoms with Crippen molar-refractivity contribution in [3.05, 3.63) is 0 Å². The number of carbonyl (C=O) groups excluding carboxylic acids is 1. The molecule has 0 radical (unpaired) electrons. The van der Waals surface area contributed by atoms with Crippen molar-refractivity contribution in [2.24, 2.45) is 11.3 Å². The van der Waals surface area contributed by atoms with Crippen molar-refractivity contribution in [1.82, 2.24) is 10.2 Å². The van der Waals surface area contributed by atoms with Crippen LogP contribution in [0.25, 0.3) is 0 Å². The van der Waals surface area contributed by atoms with Crippen LogP contribution in [0.15, 0.2) is 0 Å². The third kappa shape index (κ3) is 3.89. The molecule has 1 fully saturated rings. The lowest BCUT2D eigenvalue weighted by atomic mass is 9.87. The van der Waals surface area contributed by atoms with Crippen LogP contribution in [0, 0.1) is 11.3 Å². The van der Waals surface area contributed by atoms with Crippen LogP contribution >= 0.6 is 0 Å². The molecule has 2 N–H and O–H groups in total. The number of hydrogen-bond acceptors (Lipinski definition) is 2. The lowest BCUT2D eigenvalue weighted by molar-refractivity contribution is -0.142. The van der Waals surface area contributed by atoms with Gasteiger partial charge in [0.05, 0.1) is 0 Å². The van der Waals surface area contributed by atoms with Crippen LogP contribution < -0.4 is 5.32 Å². The van der Waals surface area contributed by atoms with Gasteiger partial charge in [0.2, 0.25) is 0 Å². The summed E-state index contributed by atoms with van der Waals surface area (Å²) in [4.78, 5) is 25.0. The maximum Gasteiger partial charge on any atom is 0.326 e. The van der Waals surface area contributed by atoms with E-state index in [-0.39, 0.29) is 6.03 Å². The van der Waals surface area contributed by atoms with E-state index in [1.807, 2.05) is 20.8 Å². The highest BCUT2D eigenvalue weighted by atomic mass is 16.4. The Labute approximate surface area is 109 Å². The normalized spacial score (nSPS) is 22.4. The summed E-state index contributed by atoms with van der Waals surface area (Å²) in [6.07, 6.45) is 2.12. The molecule has 2 amide bonds. The zero-order valence-corrected chi connectivity index (χ0v) is 11.7. The molecule has 5 heteroatoms. The zero-order valence-electron chi connectivity index (χ0n) is 11.7. The first kappa shape index (κ1) is 14.8. The second-order valence-electron chi connectivity index (χ2n) is 6.28. The Hall–Kier alpha value is -1.26. The molecule has 0 aliphatic carbocycles. The second kappa shape index (κ2) is 5.59. The van der Waals surface area contributed by atoms with E-state index in [0.29, 0.717) is 19.0 Å². The molecule has 0 aromatic heterocycles. The number of nitrogens with zero attached hydrogens (tertiary/aromatic N) is 1. The second-order valence-corrected chi connectivity index (χ2v) is 6.28. The number of piperidine rings is 1. The van der Waals surface area contributed by atoms with Crippen LogP contribution in [0.2, 0.25) is 0 Å². The third-order valence-electron chi connectivity index (χ3n) is 3.33. The summed E-state index contributed by atoms with van der Waals surface area (Å²) in [6, 6.07) is -1.12. The maximum atomic E-state index is 12.1. The molecule has 5 nitrogen and oxygen atoms in total. The smallest absolute Gasteiger partial charge is 0.326 e.